The van der Waals surface area contributed by atoms with Crippen molar-refractivity contribution in [3.05, 3.63) is 118 Å². The van der Waals surface area contributed by atoms with Crippen LogP contribution in [0.4, 0.5) is 5.69 Å². The van der Waals surface area contributed by atoms with Gasteiger partial charge in [-0.25, -0.2) is 8.42 Å². The Hall–Kier alpha value is -4.25. The molecule has 4 aromatic carbocycles. The first-order valence-corrected chi connectivity index (χ1v) is 17.6. The van der Waals surface area contributed by atoms with Crippen LogP contribution in [0.5, 0.6) is 11.5 Å². The van der Waals surface area contributed by atoms with Crippen molar-refractivity contribution in [1.82, 2.24) is 10.2 Å². The normalized spacial score (nSPS) is 11.8. The maximum absolute atomic E-state index is 14.6. The number of anilines is 1. The van der Waals surface area contributed by atoms with Crippen LogP contribution in [-0.2, 0) is 32.6 Å². The van der Waals surface area contributed by atoms with Gasteiger partial charge < -0.3 is 19.7 Å². The van der Waals surface area contributed by atoms with E-state index in [1.54, 1.807) is 36.4 Å². The fourth-order valence-electron chi connectivity index (χ4n) is 5.13. The number of rotatable bonds is 16. The second-order valence-electron chi connectivity index (χ2n) is 11.0. The van der Waals surface area contributed by atoms with Gasteiger partial charge >= 0.3 is 0 Å². The standard InChI is InChI=1S/C36H39Cl2N3O6S/c1-4-5-20-39-36(43)32(22-26-10-7-6-8-11-26)40(24-27-12-9-13-29(38)21-27)35(42)25-41(30-16-14-28(37)15-17-30)48(44,45)31-18-19-33(46-2)34(23-31)47-3/h6-19,21,23,32H,4-5,20,22,24-25H2,1-3H3,(H,39,43)/t32-/m1/s1. The summed E-state index contributed by atoms with van der Waals surface area (Å²) in [6.45, 7) is 1.84. The fraction of sp³-hybridized carbons (Fsp3) is 0.278. The SMILES string of the molecule is CCCCNC(=O)[C@@H](Cc1ccccc1)N(Cc1cccc(Cl)c1)C(=O)CN(c1ccc(Cl)cc1)S(=O)(=O)c1ccc(OC)c(OC)c1. The number of methoxy groups -OCH3 is 2. The minimum absolute atomic E-state index is 0.00293. The Kier molecular flexibility index (Phi) is 13.1. The lowest BCUT2D eigenvalue weighted by Crippen LogP contribution is -2.53. The zero-order chi connectivity index (χ0) is 34.7. The first kappa shape index (κ1) is 36.6. The first-order chi connectivity index (χ1) is 23.1. The molecule has 0 bridgehead atoms. The van der Waals surface area contributed by atoms with E-state index in [0.717, 1.165) is 22.7 Å². The number of ether oxygens (including phenoxy) is 2. The number of halogens is 2. The Labute approximate surface area is 292 Å². The number of benzene rings is 4. The smallest absolute Gasteiger partial charge is 0.264 e. The zero-order valence-corrected chi connectivity index (χ0v) is 29.4. The molecule has 2 amide bonds. The molecule has 254 valence electrons. The van der Waals surface area contributed by atoms with Gasteiger partial charge in [0, 0.05) is 35.6 Å². The molecule has 0 saturated carbocycles. The summed E-state index contributed by atoms with van der Waals surface area (Å²) in [5, 5.41) is 3.83. The van der Waals surface area contributed by atoms with Gasteiger partial charge in [0.2, 0.25) is 11.8 Å². The summed E-state index contributed by atoms with van der Waals surface area (Å²) < 4.78 is 40.4. The van der Waals surface area contributed by atoms with Crippen LogP contribution in [0.2, 0.25) is 10.0 Å². The molecule has 1 N–H and O–H groups in total. The zero-order valence-electron chi connectivity index (χ0n) is 27.1. The predicted octanol–water partition coefficient (Wildman–Crippen LogP) is 6.76. The molecule has 0 unspecified atom stereocenters. The average Bonchev–Trinajstić information content (AvgIpc) is 3.09. The van der Waals surface area contributed by atoms with E-state index in [-0.39, 0.29) is 35.2 Å². The predicted molar refractivity (Wildman–Crippen MR) is 189 cm³/mol. The van der Waals surface area contributed by atoms with Crippen LogP contribution < -0.4 is 19.1 Å². The van der Waals surface area contributed by atoms with Gasteiger partial charge in [-0.1, -0.05) is 79.0 Å². The average molecular weight is 713 g/mol. The van der Waals surface area contributed by atoms with Crippen molar-refractivity contribution in [2.24, 2.45) is 0 Å². The van der Waals surface area contributed by atoms with Crippen LogP contribution in [0, 0.1) is 0 Å². The number of sulfonamides is 1. The van der Waals surface area contributed by atoms with Gasteiger partial charge in [-0.2, -0.15) is 0 Å². The highest BCUT2D eigenvalue weighted by Crippen LogP contribution is 2.33. The molecule has 4 rings (SSSR count). The molecular weight excluding hydrogens is 673 g/mol. The second kappa shape index (κ2) is 17.2. The maximum Gasteiger partial charge on any atom is 0.264 e. The minimum Gasteiger partial charge on any atom is -0.493 e. The lowest BCUT2D eigenvalue weighted by atomic mass is 10.0. The van der Waals surface area contributed by atoms with Gasteiger partial charge in [0.15, 0.2) is 11.5 Å². The van der Waals surface area contributed by atoms with Gasteiger partial charge in [-0.15, -0.1) is 0 Å². The van der Waals surface area contributed by atoms with Crippen molar-refractivity contribution in [2.45, 2.75) is 43.7 Å². The van der Waals surface area contributed by atoms with E-state index in [2.05, 4.69) is 5.32 Å². The third kappa shape index (κ3) is 9.43. The van der Waals surface area contributed by atoms with Gasteiger partial charge in [0.1, 0.15) is 12.6 Å². The van der Waals surface area contributed by atoms with Gasteiger partial charge in [0.05, 0.1) is 24.8 Å². The molecule has 0 heterocycles. The lowest BCUT2D eigenvalue weighted by Gasteiger charge is -2.34. The molecule has 1 atom stereocenters. The molecule has 4 aromatic rings. The largest absolute Gasteiger partial charge is 0.493 e. The van der Waals surface area contributed by atoms with Crippen LogP contribution in [0.1, 0.15) is 30.9 Å². The molecular formula is C36H39Cl2N3O6S. The highest BCUT2D eigenvalue weighted by atomic mass is 35.5. The summed E-state index contributed by atoms with van der Waals surface area (Å²) in [6.07, 6.45) is 1.84. The quantitative estimate of drug-likeness (QED) is 0.129. The second-order valence-corrected chi connectivity index (χ2v) is 13.7. The Balaban J connectivity index is 1.81. The van der Waals surface area contributed by atoms with Crippen molar-refractivity contribution in [3.8, 4) is 11.5 Å². The van der Waals surface area contributed by atoms with E-state index in [1.807, 2.05) is 37.3 Å². The van der Waals surface area contributed by atoms with Gasteiger partial charge in [-0.3, -0.25) is 13.9 Å². The summed E-state index contributed by atoms with van der Waals surface area (Å²) in [5.41, 5.74) is 1.72. The number of unbranched alkanes of at least 4 members (excludes halogenated alkanes) is 1. The monoisotopic (exact) mass is 711 g/mol. The Morgan fingerprint density at radius 2 is 1.50 bits per heavy atom. The van der Waals surface area contributed by atoms with Crippen LogP contribution in [0.15, 0.2) is 102 Å². The number of hydrogen-bond donors (Lipinski definition) is 1. The Morgan fingerprint density at radius 1 is 0.812 bits per heavy atom. The van der Waals surface area contributed by atoms with Crippen molar-refractivity contribution in [2.75, 3.05) is 31.6 Å². The molecule has 0 fully saturated rings. The van der Waals surface area contributed by atoms with Gasteiger partial charge in [-0.05, 0) is 66.1 Å². The summed E-state index contributed by atoms with van der Waals surface area (Å²) in [7, 11) is -1.52. The summed E-state index contributed by atoms with van der Waals surface area (Å²) >= 11 is 12.5. The highest BCUT2D eigenvalue weighted by molar-refractivity contribution is 7.92. The van der Waals surface area contributed by atoms with E-state index in [0.29, 0.717) is 27.9 Å². The fourth-order valence-corrected chi connectivity index (χ4v) is 6.90. The molecule has 0 aromatic heterocycles. The van der Waals surface area contributed by atoms with Crippen LogP contribution in [-0.4, -0.2) is 58.5 Å². The van der Waals surface area contributed by atoms with E-state index in [9.17, 15) is 18.0 Å². The molecule has 0 radical (unpaired) electrons. The number of nitrogens with one attached hydrogen (secondary N) is 1. The number of carbonyl (C=O) groups is 2. The molecule has 0 aliphatic heterocycles. The summed E-state index contributed by atoms with van der Waals surface area (Å²) in [6, 6.07) is 25.7. The highest BCUT2D eigenvalue weighted by Gasteiger charge is 2.35. The Morgan fingerprint density at radius 3 is 2.15 bits per heavy atom. The van der Waals surface area contributed by atoms with Gasteiger partial charge in [0.25, 0.3) is 10.0 Å². The van der Waals surface area contributed by atoms with Crippen molar-refractivity contribution in [3.63, 3.8) is 0 Å². The minimum atomic E-state index is -4.37. The van der Waals surface area contributed by atoms with Crippen LogP contribution in [0.3, 0.4) is 0 Å². The van der Waals surface area contributed by atoms with Crippen LogP contribution >= 0.6 is 23.2 Å². The third-order valence-corrected chi connectivity index (χ3v) is 9.94. The van der Waals surface area contributed by atoms with E-state index >= 15 is 0 Å². The lowest BCUT2D eigenvalue weighted by molar-refractivity contribution is -0.140. The number of nitrogens with zero attached hydrogens (tertiary/aromatic N) is 2. The van der Waals surface area contributed by atoms with Crippen molar-refractivity contribution >= 4 is 50.7 Å². The molecule has 0 aliphatic rings. The number of amides is 2. The van der Waals surface area contributed by atoms with E-state index in [4.69, 9.17) is 32.7 Å². The third-order valence-electron chi connectivity index (χ3n) is 7.68. The number of carbonyl (C=O) groups excluding carboxylic acids is 2. The molecule has 12 heteroatoms. The summed E-state index contributed by atoms with van der Waals surface area (Å²) in [5.74, 6) is -0.393. The van der Waals surface area contributed by atoms with E-state index in [1.165, 1.54) is 49.5 Å². The Bertz CT molecular complexity index is 1790. The van der Waals surface area contributed by atoms with Crippen molar-refractivity contribution < 1.29 is 27.5 Å². The molecule has 0 saturated heterocycles. The molecule has 48 heavy (non-hydrogen) atoms. The van der Waals surface area contributed by atoms with Crippen LogP contribution in [0.25, 0.3) is 0 Å². The number of hydrogen-bond acceptors (Lipinski definition) is 6. The topological polar surface area (TPSA) is 105 Å². The first-order valence-electron chi connectivity index (χ1n) is 15.4. The summed E-state index contributed by atoms with van der Waals surface area (Å²) in [4.78, 5) is 29.8. The molecule has 0 spiro atoms. The van der Waals surface area contributed by atoms with Crippen molar-refractivity contribution in [1.29, 1.82) is 0 Å². The maximum atomic E-state index is 14.6. The molecule has 0 aliphatic carbocycles. The molecule has 9 nitrogen and oxygen atoms in total. The van der Waals surface area contributed by atoms with E-state index < -0.39 is 28.5 Å².